The van der Waals surface area contributed by atoms with Crippen LogP contribution in [-0.4, -0.2) is 24.8 Å². The number of aliphatic carboxylic acids is 1. The van der Waals surface area contributed by atoms with Crippen LogP contribution in [0.5, 0.6) is 0 Å². The highest BCUT2D eigenvalue weighted by molar-refractivity contribution is 5.77. The monoisotopic (exact) mass is 158 g/mol. The van der Waals surface area contributed by atoms with Gasteiger partial charge in [0.25, 0.3) is 0 Å². The fourth-order valence-electron chi connectivity index (χ4n) is 1.28. The SMILES string of the molecule is COCCCC1(C(=O)O)CC1. The second kappa shape index (κ2) is 3.22. The van der Waals surface area contributed by atoms with Crippen molar-refractivity contribution >= 4 is 5.97 Å². The Morgan fingerprint density at radius 3 is 2.64 bits per heavy atom. The van der Waals surface area contributed by atoms with Gasteiger partial charge in [-0.2, -0.15) is 0 Å². The van der Waals surface area contributed by atoms with Crippen molar-refractivity contribution in [3.05, 3.63) is 0 Å². The molecule has 1 saturated carbocycles. The van der Waals surface area contributed by atoms with Crippen molar-refractivity contribution in [1.29, 1.82) is 0 Å². The first-order chi connectivity index (χ1) is 5.21. The van der Waals surface area contributed by atoms with E-state index in [2.05, 4.69) is 0 Å². The van der Waals surface area contributed by atoms with E-state index in [1.807, 2.05) is 0 Å². The summed E-state index contributed by atoms with van der Waals surface area (Å²) in [6.45, 7) is 0.676. The van der Waals surface area contributed by atoms with Crippen LogP contribution in [-0.2, 0) is 9.53 Å². The van der Waals surface area contributed by atoms with Crippen molar-refractivity contribution in [2.45, 2.75) is 25.7 Å². The van der Waals surface area contributed by atoms with E-state index in [0.29, 0.717) is 6.61 Å². The summed E-state index contributed by atoms with van der Waals surface area (Å²) in [6.07, 6.45) is 3.34. The van der Waals surface area contributed by atoms with Gasteiger partial charge in [0.2, 0.25) is 0 Å². The normalized spacial score (nSPS) is 19.7. The van der Waals surface area contributed by atoms with Crippen LogP contribution < -0.4 is 0 Å². The first kappa shape index (κ1) is 8.53. The molecule has 3 heteroatoms. The van der Waals surface area contributed by atoms with Crippen LogP contribution in [0.4, 0.5) is 0 Å². The highest BCUT2D eigenvalue weighted by Gasteiger charge is 2.49. The van der Waals surface area contributed by atoms with Gasteiger partial charge in [-0.25, -0.2) is 0 Å². The molecular formula is C8H14O3. The maximum atomic E-state index is 10.6. The Balaban J connectivity index is 2.20. The Bertz CT molecular complexity index is 149. The molecule has 1 aliphatic carbocycles. The highest BCUT2D eigenvalue weighted by Crippen LogP contribution is 2.49. The van der Waals surface area contributed by atoms with E-state index in [0.717, 1.165) is 25.7 Å². The summed E-state index contributed by atoms with van der Waals surface area (Å²) in [5, 5.41) is 8.76. The van der Waals surface area contributed by atoms with Crippen LogP contribution in [0.25, 0.3) is 0 Å². The molecule has 0 spiro atoms. The largest absolute Gasteiger partial charge is 0.481 e. The van der Waals surface area contributed by atoms with Crippen molar-refractivity contribution in [3.8, 4) is 0 Å². The number of ether oxygens (including phenoxy) is 1. The quantitative estimate of drug-likeness (QED) is 0.613. The predicted molar refractivity (Wildman–Crippen MR) is 40.4 cm³/mol. The van der Waals surface area contributed by atoms with Crippen LogP contribution >= 0.6 is 0 Å². The molecule has 0 heterocycles. The molecule has 0 aromatic carbocycles. The van der Waals surface area contributed by atoms with E-state index in [9.17, 15) is 4.79 Å². The minimum Gasteiger partial charge on any atom is -0.481 e. The van der Waals surface area contributed by atoms with Crippen molar-refractivity contribution in [2.75, 3.05) is 13.7 Å². The second-order valence-corrected chi connectivity index (χ2v) is 3.18. The predicted octanol–water partition coefficient (Wildman–Crippen LogP) is 1.28. The van der Waals surface area contributed by atoms with Crippen LogP contribution in [0.3, 0.4) is 0 Å². The van der Waals surface area contributed by atoms with Crippen molar-refractivity contribution in [2.24, 2.45) is 5.41 Å². The first-order valence-electron chi connectivity index (χ1n) is 3.94. The number of carbonyl (C=O) groups is 1. The van der Waals surface area contributed by atoms with E-state index in [-0.39, 0.29) is 5.41 Å². The molecule has 0 amide bonds. The Morgan fingerprint density at radius 1 is 1.64 bits per heavy atom. The number of carboxylic acids is 1. The number of hydrogen-bond acceptors (Lipinski definition) is 2. The Labute approximate surface area is 66.4 Å². The van der Waals surface area contributed by atoms with Gasteiger partial charge < -0.3 is 9.84 Å². The minimum absolute atomic E-state index is 0.363. The zero-order valence-electron chi connectivity index (χ0n) is 6.80. The van der Waals surface area contributed by atoms with Crippen LogP contribution in [0.1, 0.15) is 25.7 Å². The van der Waals surface area contributed by atoms with Gasteiger partial charge in [0.1, 0.15) is 0 Å². The molecule has 0 radical (unpaired) electrons. The summed E-state index contributed by atoms with van der Waals surface area (Å²) < 4.78 is 4.85. The van der Waals surface area contributed by atoms with E-state index in [4.69, 9.17) is 9.84 Å². The Kier molecular flexibility index (Phi) is 2.49. The molecule has 1 aliphatic rings. The molecular weight excluding hydrogens is 144 g/mol. The Hall–Kier alpha value is -0.570. The van der Waals surface area contributed by atoms with Gasteiger partial charge in [0, 0.05) is 13.7 Å². The third-order valence-electron chi connectivity index (χ3n) is 2.31. The second-order valence-electron chi connectivity index (χ2n) is 3.18. The van der Waals surface area contributed by atoms with Gasteiger partial charge in [-0.05, 0) is 25.7 Å². The van der Waals surface area contributed by atoms with E-state index in [1.165, 1.54) is 0 Å². The third-order valence-corrected chi connectivity index (χ3v) is 2.31. The number of rotatable bonds is 5. The lowest BCUT2D eigenvalue weighted by Crippen LogP contribution is -2.15. The van der Waals surface area contributed by atoms with Crippen molar-refractivity contribution < 1.29 is 14.6 Å². The lowest BCUT2D eigenvalue weighted by atomic mass is 10.0. The fraction of sp³-hybridized carbons (Fsp3) is 0.875. The van der Waals surface area contributed by atoms with Gasteiger partial charge in [-0.15, -0.1) is 0 Å². The molecule has 0 aromatic heterocycles. The molecule has 1 N–H and O–H groups in total. The number of carboxylic acid groups (broad SMARTS) is 1. The van der Waals surface area contributed by atoms with E-state index in [1.54, 1.807) is 7.11 Å². The van der Waals surface area contributed by atoms with Gasteiger partial charge in [-0.3, -0.25) is 4.79 Å². The molecule has 0 aliphatic heterocycles. The number of methoxy groups -OCH3 is 1. The standard InChI is InChI=1S/C8H14O3/c1-11-6-2-3-8(4-5-8)7(9)10/h2-6H2,1H3,(H,9,10). The summed E-state index contributed by atoms with van der Waals surface area (Å²) in [7, 11) is 1.64. The molecule has 1 rings (SSSR count). The Morgan fingerprint density at radius 2 is 2.27 bits per heavy atom. The fourth-order valence-corrected chi connectivity index (χ4v) is 1.28. The van der Waals surface area contributed by atoms with Crippen molar-refractivity contribution in [3.63, 3.8) is 0 Å². The molecule has 0 bridgehead atoms. The summed E-state index contributed by atoms with van der Waals surface area (Å²) in [6, 6.07) is 0. The average molecular weight is 158 g/mol. The summed E-state index contributed by atoms with van der Waals surface area (Å²) in [4.78, 5) is 10.6. The highest BCUT2D eigenvalue weighted by atomic mass is 16.5. The molecule has 0 aromatic rings. The summed E-state index contributed by atoms with van der Waals surface area (Å²) in [5.41, 5.74) is -0.363. The summed E-state index contributed by atoms with van der Waals surface area (Å²) in [5.74, 6) is -0.631. The molecule has 11 heavy (non-hydrogen) atoms. The first-order valence-corrected chi connectivity index (χ1v) is 3.94. The maximum absolute atomic E-state index is 10.6. The number of hydrogen-bond donors (Lipinski definition) is 1. The van der Waals surface area contributed by atoms with Crippen LogP contribution in [0.15, 0.2) is 0 Å². The molecule has 0 atom stereocenters. The van der Waals surface area contributed by atoms with Gasteiger partial charge in [0.05, 0.1) is 5.41 Å². The lowest BCUT2D eigenvalue weighted by Gasteiger charge is -2.07. The lowest BCUT2D eigenvalue weighted by molar-refractivity contribution is -0.143. The average Bonchev–Trinajstić information content (AvgIpc) is 2.70. The molecule has 0 saturated heterocycles. The summed E-state index contributed by atoms with van der Waals surface area (Å²) >= 11 is 0. The molecule has 1 fully saturated rings. The maximum Gasteiger partial charge on any atom is 0.309 e. The van der Waals surface area contributed by atoms with E-state index < -0.39 is 5.97 Å². The van der Waals surface area contributed by atoms with Gasteiger partial charge in [0.15, 0.2) is 0 Å². The smallest absolute Gasteiger partial charge is 0.309 e. The van der Waals surface area contributed by atoms with Crippen LogP contribution in [0.2, 0.25) is 0 Å². The minimum atomic E-state index is -0.631. The van der Waals surface area contributed by atoms with Gasteiger partial charge in [-0.1, -0.05) is 0 Å². The zero-order chi connectivity index (χ0) is 8.32. The van der Waals surface area contributed by atoms with E-state index >= 15 is 0 Å². The molecule has 64 valence electrons. The van der Waals surface area contributed by atoms with Crippen molar-refractivity contribution in [1.82, 2.24) is 0 Å². The zero-order valence-corrected chi connectivity index (χ0v) is 6.80. The molecule has 3 nitrogen and oxygen atoms in total. The third kappa shape index (κ3) is 1.93. The van der Waals surface area contributed by atoms with Gasteiger partial charge >= 0.3 is 5.97 Å². The molecule has 0 unspecified atom stereocenters. The topological polar surface area (TPSA) is 46.5 Å². The van der Waals surface area contributed by atoms with Crippen LogP contribution in [0, 0.1) is 5.41 Å².